The lowest BCUT2D eigenvalue weighted by Gasteiger charge is -2.28. The standard InChI is InChI=1S/C20H34O4P2/c1-13(2)25(14(3)4)23-17-10-11-18(20(21)22-9)19(12-17)24-26(15(5)6)16(7)8/h10-16H,1-9H3. The molecule has 0 aliphatic heterocycles. The summed E-state index contributed by atoms with van der Waals surface area (Å²) in [6.45, 7) is 17.3. The first-order valence-electron chi connectivity index (χ1n) is 9.23. The number of benzene rings is 1. The Morgan fingerprint density at radius 2 is 1.27 bits per heavy atom. The number of hydrogen-bond acceptors (Lipinski definition) is 4. The number of rotatable bonds is 9. The summed E-state index contributed by atoms with van der Waals surface area (Å²) in [7, 11) is 0.0657. The maximum atomic E-state index is 12.2. The first kappa shape index (κ1) is 23.2. The van der Waals surface area contributed by atoms with Crippen molar-refractivity contribution in [1.29, 1.82) is 0 Å². The zero-order valence-electron chi connectivity index (χ0n) is 17.6. The minimum absolute atomic E-state index is 0.385. The van der Waals surface area contributed by atoms with Crippen molar-refractivity contribution < 1.29 is 18.6 Å². The SMILES string of the molecule is COC(=O)c1ccc(OP(C(C)C)C(C)C)cc1OP(C(C)C)C(C)C. The summed E-state index contributed by atoms with van der Waals surface area (Å²) in [4.78, 5) is 12.2. The summed E-state index contributed by atoms with van der Waals surface area (Å²) in [5.41, 5.74) is 2.15. The van der Waals surface area contributed by atoms with Crippen LogP contribution in [-0.4, -0.2) is 35.7 Å². The third-order valence-electron chi connectivity index (χ3n) is 3.81. The Labute approximate surface area is 161 Å². The highest BCUT2D eigenvalue weighted by atomic mass is 31.1. The second-order valence-corrected chi connectivity index (χ2v) is 13.4. The zero-order chi connectivity index (χ0) is 20.0. The molecule has 6 heteroatoms. The number of hydrogen-bond donors (Lipinski definition) is 0. The van der Waals surface area contributed by atoms with E-state index in [0.717, 1.165) is 5.75 Å². The molecule has 0 amide bonds. The van der Waals surface area contributed by atoms with Crippen molar-refractivity contribution in [2.45, 2.75) is 78.0 Å². The van der Waals surface area contributed by atoms with Crippen molar-refractivity contribution in [2.75, 3.05) is 7.11 Å². The zero-order valence-corrected chi connectivity index (χ0v) is 19.4. The van der Waals surface area contributed by atoms with Gasteiger partial charge in [-0.25, -0.2) is 4.79 Å². The van der Waals surface area contributed by atoms with Crippen LogP contribution in [0.1, 0.15) is 65.7 Å². The molecular weight excluding hydrogens is 366 g/mol. The Balaban J connectivity index is 3.24. The lowest BCUT2D eigenvalue weighted by molar-refractivity contribution is 0.0598. The van der Waals surface area contributed by atoms with Gasteiger partial charge in [0.2, 0.25) is 0 Å². The Morgan fingerprint density at radius 1 is 0.808 bits per heavy atom. The van der Waals surface area contributed by atoms with Gasteiger partial charge >= 0.3 is 5.97 Å². The summed E-state index contributed by atoms with van der Waals surface area (Å²) in [5.74, 6) is 0.929. The number of methoxy groups -OCH3 is 1. The first-order chi connectivity index (χ1) is 12.1. The van der Waals surface area contributed by atoms with Crippen LogP contribution in [0.25, 0.3) is 0 Å². The lowest BCUT2D eigenvalue weighted by Crippen LogP contribution is -2.12. The van der Waals surface area contributed by atoms with Gasteiger partial charge in [0.25, 0.3) is 0 Å². The minimum Gasteiger partial charge on any atom is -0.473 e. The Bertz CT molecular complexity index is 569. The third kappa shape index (κ3) is 6.39. The Hall–Kier alpha value is -0.850. The van der Waals surface area contributed by atoms with Gasteiger partial charge in [0.1, 0.15) is 17.1 Å². The molecule has 0 aromatic heterocycles. The number of esters is 1. The highest BCUT2D eigenvalue weighted by Crippen LogP contribution is 2.51. The maximum Gasteiger partial charge on any atom is 0.341 e. The van der Waals surface area contributed by atoms with Gasteiger partial charge in [-0.3, -0.25) is 0 Å². The fraction of sp³-hybridized carbons (Fsp3) is 0.650. The van der Waals surface area contributed by atoms with E-state index in [-0.39, 0.29) is 5.97 Å². The molecule has 0 heterocycles. The third-order valence-corrected chi connectivity index (χ3v) is 8.71. The van der Waals surface area contributed by atoms with Gasteiger partial charge in [-0.2, -0.15) is 0 Å². The summed E-state index contributed by atoms with van der Waals surface area (Å²) in [6.07, 6.45) is 0. The Kier molecular flexibility index (Phi) is 9.34. The molecule has 0 spiro atoms. The largest absolute Gasteiger partial charge is 0.473 e. The van der Waals surface area contributed by atoms with Crippen molar-refractivity contribution >= 4 is 22.3 Å². The van der Waals surface area contributed by atoms with Crippen molar-refractivity contribution in [1.82, 2.24) is 0 Å². The van der Waals surface area contributed by atoms with E-state index in [9.17, 15) is 4.79 Å². The van der Waals surface area contributed by atoms with Gasteiger partial charge < -0.3 is 13.8 Å². The van der Waals surface area contributed by atoms with Crippen LogP contribution in [0.15, 0.2) is 18.2 Å². The van der Waals surface area contributed by atoms with Crippen LogP contribution in [0.3, 0.4) is 0 Å². The molecule has 1 aromatic rings. The smallest absolute Gasteiger partial charge is 0.341 e. The van der Waals surface area contributed by atoms with Crippen LogP contribution in [0, 0.1) is 0 Å². The molecule has 26 heavy (non-hydrogen) atoms. The maximum absolute atomic E-state index is 12.2. The summed E-state index contributed by atoms with van der Waals surface area (Å²) < 4.78 is 17.5. The number of ether oxygens (including phenoxy) is 1. The molecule has 148 valence electrons. The van der Waals surface area contributed by atoms with E-state index in [4.69, 9.17) is 13.8 Å². The molecular formula is C20H34O4P2. The molecule has 1 rings (SSSR count). The molecule has 0 bridgehead atoms. The quantitative estimate of drug-likeness (QED) is 0.343. The van der Waals surface area contributed by atoms with E-state index in [2.05, 4.69) is 55.4 Å². The highest BCUT2D eigenvalue weighted by Gasteiger charge is 2.25. The second kappa shape index (κ2) is 10.5. The van der Waals surface area contributed by atoms with Crippen LogP contribution in [0.2, 0.25) is 0 Å². The molecule has 0 atom stereocenters. The topological polar surface area (TPSA) is 44.8 Å². The van der Waals surface area contributed by atoms with Gasteiger partial charge in [-0.05, 0) is 12.1 Å². The second-order valence-electron chi connectivity index (χ2n) is 7.43. The van der Waals surface area contributed by atoms with E-state index in [0.29, 0.717) is 33.9 Å². The fourth-order valence-electron chi connectivity index (χ4n) is 2.76. The van der Waals surface area contributed by atoms with Gasteiger partial charge in [-0.15, -0.1) is 0 Å². The summed E-state index contributed by atoms with van der Waals surface area (Å²) in [5, 5.41) is 0. The average molecular weight is 400 g/mol. The molecule has 4 nitrogen and oxygen atoms in total. The summed E-state index contributed by atoms with van der Waals surface area (Å²) in [6, 6.07) is 5.44. The monoisotopic (exact) mass is 400 g/mol. The predicted molar refractivity (Wildman–Crippen MR) is 113 cm³/mol. The van der Waals surface area contributed by atoms with Crippen LogP contribution < -0.4 is 9.05 Å². The van der Waals surface area contributed by atoms with Gasteiger partial charge in [0.05, 0.1) is 23.4 Å². The summed E-state index contributed by atoms with van der Waals surface area (Å²) >= 11 is 0. The molecule has 0 aliphatic carbocycles. The lowest BCUT2D eigenvalue weighted by atomic mass is 10.2. The van der Waals surface area contributed by atoms with E-state index >= 15 is 0 Å². The van der Waals surface area contributed by atoms with Crippen molar-refractivity contribution in [3.8, 4) is 11.5 Å². The first-order valence-corrected chi connectivity index (χ1v) is 12.0. The van der Waals surface area contributed by atoms with E-state index in [1.165, 1.54) is 7.11 Å². The van der Waals surface area contributed by atoms with E-state index in [1.54, 1.807) is 6.07 Å². The Morgan fingerprint density at radius 3 is 1.69 bits per heavy atom. The number of carbonyl (C=O) groups excluding carboxylic acids is 1. The highest BCUT2D eigenvalue weighted by molar-refractivity contribution is 7.54. The fourth-order valence-corrected chi connectivity index (χ4v) is 6.73. The van der Waals surface area contributed by atoms with Crippen molar-refractivity contribution in [3.63, 3.8) is 0 Å². The molecule has 0 N–H and O–H groups in total. The average Bonchev–Trinajstić information content (AvgIpc) is 2.55. The van der Waals surface area contributed by atoms with Crippen molar-refractivity contribution in [3.05, 3.63) is 23.8 Å². The van der Waals surface area contributed by atoms with E-state index < -0.39 is 16.3 Å². The van der Waals surface area contributed by atoms with Gasteiger partial charge in [0, 0.05) is 28.7 Å². The molecule has 0 saturated heterocycles. The molecule has 1 aromatic carbocycles. The van der Waals surface area contributed by atoms with Crippen LogP contribution in [-0.2, 0) is 4.74 Å². The molecule has 0 fully saturated rings. The van der Waals surface area contributed by atoms with Gasteiger partial charge in [0.15, 0.2) is 0 Å². The van der Waals surface area contributed by atoms with Crippen LogP contribution in [0.4, 0.5) is 0 Å². The van der Waals surface area contributed by atoms with Gasteiger partial charge in [-0.1, -0.05) is 55.4 Å². The predicted octanol–water partition coefficient (Wildman–Crippen LogP) is 6.66. The molecule has 0 unspecified atom stereocenters. The van der Waals surface area contributed by atoms with Crippen LogP contribution in [0.5, 0.6) is 11.5 Å². The van der Waals surface area contributed by atoms with E-state index in [1.807, 2.05) is 12.1 Å². The normalized spacial score (nSPS) is 12.0. The molecule has 0 aliphatic rings. The molecule has 0 radical (unpaired) electrons. The van der Waals surface area contributed by atoms with Crippen molar-refractivity contribution in [2.24, 2.45) is 0 Å². The minimum atomic E-state index is -0.717. The molecule has 0 saturated carbocycles. The number of carbonyl (C=O) groups is 1. The van der Waals surface area contributed by atoms with Crippen LogP contribution >= 0.6 is 16.3 Å².